The van der Waals surface area contributed by atoms with Gasteiger partial charge in [0.15, 0.2) is 0 Å². The van der Waals surface area contributed by atoms with E-state index >= 15 is 0 Å². The van der Waals surface area contributed by atoms with Gasteiger partial charge in [0.1, 0.15) is 11.8 Å². The molecule has 1 unspecified atom stereocenters. The highest BCUT2D eigenvalue weighted by Crippen LogP contribution is 2.48. The second kappa shape index (κ2) is 10.5. The molecule has 11 nitrogen and oxygen atoms in total. The number of aromatic amines is 3. The third-order valence-electron chi connectivity index (χ3n) is 3.86. The Morgan fingerprint density at radius 1 is 1.29 bits per heavy atom. The van der Waals surface area contributed by atoms with Gasteiger partial charge in [0.05, 0.1) is 31.0 Å². The maximum atomic E-state index is 12.6. The summed E-state index contributed by atoms with van der Waals surface area (Å²) in [6.45, 7) is 2.30. The number of aliphatic hydroxyl groups excluding tert-OH is 1. The van der Waals surface area contributed by atoms with Crippen LogP contribution in [0.15, 0.2) is 15.8 Å². The quantitative estimate of drug-likeness (QED) is 0.176. The minimum absolute atomic E-state index is 0.0921. The van der Waals surface area contributed by atoms with E-state index in [1.165, 1.54) is 0 Å². The minimum Gasteiger partial charge on any atom is -0.391 e. The zero-order chi connectivity index (χ0) is 20.6. The Bertz CT molecular complexity index is 935. The summed E-state index contributed by atoms with van der Waals surface area (Å²) in [7, 11) is -3.47. The third-order valence-corrected chi connectivity index (χ3v) is 5.96. The first kappa shape index (κ1) is 22.3. The van der Waals surface area contributed by atoms with E-state index in [1.54, 1.807) is 13.1 Å². The van der Waals surface area contributed by atoms with E-state index in [1.807, 2.05) is 0 Å². The van der Waals surface area contributed by atoms with Crippen LogP contribution in [0, 0.1) is 0 Å². The lowest BCUT2D eigenvalue weighted by Gasteiger charge is -2.20. The van der Waals surface area contributed by atoms with Crippen LogP contribution >= 0.6 is 7.60 Å². The Labute approximate surface area is 160 Å². The van der Waals surface area contributed by atoms with Gasteiger partial charge in [-0.05, 0) is 13.3 Å². The number of H-pyrrole nitrogens is 3. The molecule has 2 aromatic rings. The van der Waals surface area contributed by atoms with E-state index in [4.69, 9.17) is 9.05 Å². The normalized spacial score (nSPS) is 14.8. The molecule has 0 bridgehead atoms. The van der Waals surface area contributed by atoms with Crippen molar-refractivity contribution < 1.29 is 23.5 Å². The maximum Gasteiger partial charge on any atom is 0.333 e. The fourth-order valence-corrected chi connectivity index (χ4v) is 4.37. The Balaban J connectivity index is 1.89. The van der Waals surface area contributed by atoms with E-state index < -0.39 is 24.9 Å². The van der Waals surface area contributed by atoms with Crippen LogP contribution in [0.25, 0.3) is 11.0 Å². The predicted octanol–water partition coefficient (Wildman–Crippen LogP) is 0.220. The van der Waals surface area contributed by atoms with Crippen molar-refractivity contribution in [1.82, 2.24) is 20.3 Å². The molecule has 2 aromatic heterocycles. The molecule has 156 valence electrons. The van der Waals surface area contributed by atoms with Crippen LogP contribution in [0.2, 0.25) is 0 Å². The van der Waals surface area contributed by atoms with Crippen LogP contribution in [-0.2, 0) is 25.0 Å². The van der Waals surface area contributed by atoms with Crippen LogP contribution in [-0.4, -0.2) is 58.4 Å². The summed E-state index contributed by atoms with van der Waals surface area (Å²) in [5.41, 5.74) is 0.149. The molecule has 0 aliphatic heterocycles. The SMILES string of the molecule is CCOP(=O)(C[C@H](O)CNCc1c[nH]c2c(=O)[nH]c(=O)[nH]c12)OCCCC=O. The fraction of sp³-hybridized carbons (Fsp3) is 0.562. The molecule has 2 rings (SSSR count). The molecule has 0 saturated heterocycles. The van der Waals surface area contributed by atoms with Gasteiger partial charge in [-0.25, -0.2) is 4.79 Å². The molecule has 0 aliphatic carbocycles. The second-order valence-corrected chi connectivity index (χ2v) is 8.21. The highest BCUT2D eigenvalue weighted by Gasteiger charge is 2.27. The van der Waals surface area contributed by atoms with Crippen molar-refractivity contribution in [3.8, 4) is 0 Å². The number of aromatic nitrogens is 3. The molecular formula is C16H25N4O7P. The molecule has 0 amide bonds. The molecule has 0 spiro atoms. The minimum atomic E-state index is -3.47. The Hall–Kier alpha value is -2.04. The lowest BCUT2D eigenvalue weighted by molar-refractivity contribution is -0.108. The molecule has 0 saturated carbocycles. The average Bonchev–Trinajstić information content (AvgIpc) is 3.02. The number of nitrogens with one attached hydrogen (secondary N) is 4. The van der Waals surface area contributed by atoms with Crippen molar-refractivity contribution in [3.05, 3.63) is 32.6 Å². The summed E-state index contributed by atoms with van der Waals surface area (Å²) in [5, 5.41) is 13.1. The van der Waals surface area contributed by atoms with E-state index in [-0.39, 0.29) is 38.0 Å². The van der Waals surface area contributed by atoms with Crippen LogP contribution in [0.1, 0.15) is 25.3 Å². The summed E-state index contributed by atoms with van der Waals surface area (Å²) in [5.74, 6) is 0. The summed E-state index contributed by atoms with van der Waals surface area (Å²) >= 11 is 0. The van der Waals surface area contributed by atoms with Crippen molar-refractivity contribution in [2.75, 3.05) is 25.9 Å². The standard InChI is InChI=1S/C16H25N4O7P/c1-2-26-28(25,27-6-4-3-5-21)10-12(22)9-17-7-11-8-18-14-13(11)19-16(24)20-15(14)23/h5,8,12,17-18,22H,2-4,6-7,9-10H2,1H3,(H2,19,20,23,24)/t12-,28?/m1/s1. The largest absolute Gasteiger partial charge is 0.391 e. The van der Waals surface area contributed by atoms with Crippen LogP contribution in [0.5, 0.6) is 0 Å². The summed E-state index contributed by atoms with van der Waals surface area (Å²) in [6, 6.07) is 0. The molecule has 5 N–H and O–H groups in total. The Morgan fingerprint density at radius 2 is 2.07 bits per heavy atom. The van der Waals surface area contributed by atoms with Crippen LogP contribution in [0.3, 0.4) is 0 Å². The molecule has 0 aliphatic rings. The first-order valence-corrected chi connectivity index (χ1v) is 10.6. The molecule has 2 heterocycles. The van der Waals surface area contributed by atoms with Gasteiger partial charge < -0.3 is 34.2 Å². The van der Waals surface area contributed by atoms with Crippen LogP contribution in [0.4, 0.5) is 0 Å². The van der Waals surface area contributed by atoms with Gasteiger partial charge in [-0.2, -0.15) is 0 Å². The number of fused-ring (bicyclic) bond motifs is 1. The number of carbonyl (C=O) groups is 1. The molecule has 2 atom stereocenters. The molecule has 28 heavy (non-hydrogen) atoms. The Morgan fingerprint density at radius 3 is 2.79 bits per heavy atom. The van der Waals surface area contributed by atoms with E-state index in [0.29, 0.717) is 23.9 Å². The van der Waals surface area contributed by atoms with Gasteiger partial charge in [0.25, 0.3) is 5.56 Å². The van der Waals surface area contributed by atoms with Gasteiger partial charge in [-0.3, -0.25) is 14.3 Å². The Kier molecular flexibility index (Phi) is 8.34. The number of carbonyl (C=O) groups excluding carboxylic acids is 1. The third kappa shape index (κ3) is 6.25. The maximum absolute atomic E-state index is 12.6. The molecule has 0 radical (unpaired) electrons. The zero-order valence-electron chi connectivity index (χ0n) is 15.5. The van der Waals surface area contributed by atoms with Gasteiger partial charge in [0, 0.05) is 31.3 Å². The van der Waals surface area contributed by atoms with Crippen molar-refractivity contribution in [2.45, 2.75) is 32.4 Å². The fourth-order valence-electron chi connectivity index (χ4n) is 2.64. The topological polar surface area (TPSA) is 166 Å². The van der Waals surface area contributed by atoms with Crippen molar-refractivity contribution in [2.24, 2.45) is 0 Å². The van der Waals surface area contributed by atoms with Crippen molar-refractivity contribution in [3.63, 3.8) is 0 Å². The average molecular weight is 416 g/mol. The number of rotatable bonds is 13. The smallest absolute Gasteiger partial charge is 0.333 e. The van der Waals surface area contributed by atoms with Gasteiger partial charge in [-0.15, -0.1) is 0 Å². The molecular weight excluding hydrogens is 391 g/mol. The lowest BCUT2D eigenvalue weighted by atomic mass is 10.3. The predicted molar refractivity (Wildman–Crippen MR) is 103 cm³/mol. The highest BCUT2D eigenvalue weighted by molar-refractivity contribution is 7.53. The van der Waals surface area contributed by atoms with Crippen LogP contribution < -0.4 is 16.6 Å². The lowest BCUT2D eigenvalue weighted by Crippen LogP contribution is -2.30. The van der Waals surface area contributed by atoms with E-state index in [2.05, 4.69) is 20.3 Å². The monoisotopic (exact) mass is 416 g/mol. The summed E-state index contributed by atoms with van der Waals surface area (Å²) in [6.07, 6.45) is 1.85. The number of aldehydes is 1. The second-order valence-electron chi connectivity index (χ2n) is 6.11. The summed E-state index contributed by atoms with van der Waals surface area (Å²) < 4.78 is 23.1. The zero-order valence-corrected chi connectivity index (χ0v) is 16.4. The first-order valence-electron chi connectivity index (χ1n) is 8.91. The van der Waals surface area contributed by atoms with E-state index in [0.717, 1.165) is 6.29 Å². The number of hydrogen-bond acceptors (Lipinski definition) is 8. The van der Waals surface area contributed by atoms with E-state index in [9.17, 15) is 24.1 Å². The van der Waals surface area contributed by atoms with Crippen molar-refractivity contribution >= 4 is 24.9 Å². The van der Waals surface area contributed by atoms with Crippen molar-refractivity contribution in [1.29, 1.82) is 0 Å². The molecule has 0 aromatic carbocycles. The highest BCUT2D eigenvalue weighted by atomic mass is 31.2. The number of aliphatic hydroxyl groups is 1. The molecule has 0 fully saturated rings. The van der Waals surface area contributed by atoms with Gasteiger partial charge in [0.2, 0.25) is 0 Å². The number of hydrogen-bond donors (Lipinski definition) is 5. The first-order chi connectivity index (χ1) is 13.4. The van der Waals surface area contributed by atoms with Gasteiger partial charge in [-0.1, -0.05) is 0 Å². The van der Waals surface area contributed by atoms with Gasteiger partial charge >= 0.3 is 13.3 Å². The number of unbranched alkanes of at least 4 members (excludes halogenated alkanes) is 1. The molecule has 12 heteroatoms. The summed E-state index contributed by atoms with van der Waals surface area (Å²) in [4.78, 5) is 40.9.